The van der Waals surface area contributed by atoms with Crippen LogP contribution in [0.3, 0.4) is 0 Å². The van der Waals surface area contributed by atoms with Gasteiger partial charge in [0.25, 0.3) is 0 Å². The van der Waals surface area contributed by atoms with E-state index in [1.807, 2.05) is 13.8 Å². The molecule has 0 aliphatic rings. The molecule has 19 heavy (non-hydrogen) atoms. The maximum atomic E-state index is 11.8. The van der Waals surface area contributed by atoms with Crippen molar-refractivity contribution in [3.63, 3.8) is 0 Å². The number of carboxylic acids is 1. The van der Waals surface area contributed by atoms with Crippen LogP contribution in [0, 0.1) is 5.92 Å². The van der Waals surface area contributed by atoms with Crippen molar-refractivity contribution in [3.8, 4) is 0 Å². The molecule has 0 aromatic heterocycles. The molecule has 0 radical (unpaired) electrons. The van der Waals surface area contributed by atoms with Crippen molar-refractivity contribution < 1.29 is 29.7 Å². The summed E-state index contributed by atoms with van der Waals surface area (Å²) in [5, 5.41) is 27.4. The molecule has 0 saturated heterocycles. The summed E-state index contributed by atoms with van der Waals surface area (Å²) in [6.45, 7) is 3.25. The number of carboxylic acid groups (broad SMARTS) is 1. The molecule has 0 atom stereocenters. The summed E-state index contributed by atoms with van der Waals surface area (Å²) in [6, 6.07) is 0. The van der Waals surface area contributed by atoms with Crippen molar-refractivity contribution in [1.29, 1.82) is 0 Å². The van der Waals surface area contributed by atoms with Gasteiger partial charge in [0.15, 0.2) is 0 Å². The first kappa shape index (κ1) is 17.6. The number of aliphatic carboxylic acids is 1. The number of nitrogens with zero attached hydrogens (tertiary/aromatic N) is 1. The molecule has 0 aliphatic carbocycles. The molecule has 7 nitrogen and oxygen atoms in total. The topological polar surface area (TPSA) is 107 Å². The van der Waals surface area contributed by atoms with Gasteiger partial charge in [-0.15, -0.1) is 5.06 Å². The fourth-order valence-electron chi connectivity index (χ4n) is 1.37. The van der Waals surface area contributed by atoms with Crippen molar-refractivity contribution in [2.75, 3.05) is 26.3 Å². The van der Waals surface area contributed by atoms with Crippen molar-refractivity contribution >= 4 is 11.9 Å². The molecule has 0 amide bonds. The van der Waals surface area contributed by atoms with Crippen molar-refractivity contribution in [1.82, 2.24) is 5.06 Å². The zero-order chi connectivity index (χ0) is 14.8. The number of hydrogen-bond donors (Lipinski definition) is 3. The minimum Gasteiger partial charge on any atom is -0.481 e. The molecule has 7 heteroatoms. The number of rotatable bonds is 9. The van der Waals surface area contributed by atoms with Gasteiger partial charge < -0.3 is 20.2 Å². The number of hydrogen-bond acceptors (Lipinski definition) is 6. The summed E-state index contributed by atoms with van der Waals surface area (Å²) in [4.78, 5) is 27.4. The molecule has 0 rings (SSSR count). The van der Waals surface area contributed by atoms with Gasteiger partial charge in [0.05, 0.1) is 32.7 Å². The molecule has 0 heterocycles. The molecule has 0 aliphatic heterocycles. The van der Waals surface area contributed by atoms with Crippen LogP contribution in [0.25, 0.3) is 0 Å². The molecule has 3 N–H and O–H groups in total. The minimum absolute atomic E-state index is 0.00559. The minimum atomic E-state index is -1.13. The predicted molar refractivity (Wildman–Crippen MR) is 67.0 cm³/mol. The Morgan fingerprint density at radius 1 is 1.21 bits per heavy atom. The molecular formula is C12H21NO6. The lowest BCUT2D eigenvalue weighted by Crippen LogP contribution is -2.33. The molecule has 0 aromatic rings. The number of allylic oxidation sites excluding steroid dienone is 1. The average molecular weight is 275 g/mol. The summed E-state index contributed by atoms with van der Waals surface area (Å²) >= 11 is 0. The number of carbonyl (C=O) groups is 2. The van der Waals surface area contributed by atoms with Crippen molar-refractivity contribution in [3.05, 3.63) is 11.6 Å². The van der Waals surface area contributed by atoms with E-state index < -0.39 is 18.4 Å². The fraction of sp³-hybridized carbons (Fsp3) is 0.667. The third-order valence-corrected chi connectivity index (χ3v) is 2.05. The Balaban J connectivity index is 4.73. The summed E-state index contributed by atoms with van der Waals surface area (Å²) in [5.41, 5.74) is 0.0448. The molecule has 0 fully saturated rings. The highest BCUT2D eigenvalue weighted by Crippen LogP contribution is 2.10. The first-order valence-corrected chi connectivity index (χ1v) is 6.02. The van der Waals surface area contributed by atoms with Crippen LogP contribution < -0.4 is 0 Å². The van der Waals surface area contributed by atoms with Gasteiger partial charge in [0, 0.05) is 5.57 Å². The van der Waals surface area contributed by atoms with Gasteiger partial charge in [-0.3, -0.25) is 4.79 Å². The van der Waals surface area contributed by atoms with Crippen LogP contribution in [0.4, 0.5) is 0 Å². The van der Waals surface area contributed by atoms with Gasteiger partial charge in [0.1, 0.15) is 0 Å². The van der Waals surface area contributed by atoms with E-state index in [1.165, 1.54) is 6.08 Å². The van der Waals surface area contributed by atoms with E-state index >= 15 is 0 Å². The molecule has 0 saturated carbocycles. The number of aliphatic hydroxyl groups excluding tert-OH is 2. The number of aliphatic hydroxyl groups is 2. The smallest absolute Gasteiger partial charge is 0.353 e. The van der Waals surface area contributed by atoms with E-state index in [9.17, 15) is 9.59 Å². The maximum Gasteiger partial charge on any atom is 0.353 e. The van der Waals surface area contributed by atoms with Gasteiger partial charge in [-0.1, -0.05) is 19.9 Å². The first-order valence-electron chi connectivity index (χ1n) is 6.02. The van der Waals surface area contributed by atoms with E-state index in [4.69, 9.17) is 20.2 Å². The molecule has 0 bridgehead atoms. The summed E-state index contributed by atoms with van der Waals surface area (Å²) < 4.78 is 0. The quantitative estimate of drug-likeness (QED) is 0.394. The Hall–Kier alpha value is -1.44. The zero-order valence-electron chi connectivity index (χ0n) is 11.2. The van der Waals surface area contributed by atoms with Crippen LogP contribution >= 0.6 is 0 Å². The standard InChI is InChI=1S/C12H21NO6/c1-9(2)7-10(8-11(16)17)12(18)19-13(3-5-14)4-6-15/h7,9,14-15H,3-6,8H2,1-2H3,(H,16,17). The van der Waals surface area contributed by atoms with Crippen LogP contribution in [-0.2, 0) is 14.4 Å². The van der Waals surface area contributed by atoms with Gasteiger partial charge in [0.2, 0.25) is 0 Å². The molecule has 0 aromatic carbocycles. The van der Waals surface area contributed by atoms with Crippen LogP contribution in [0.2, 0.25) is 0 Å². The van der Waals surface area contributed by atoms with Gasteiger partial charge in [-0.25, -0.2) is 4.79 Å². The third-order valence-electron chi connectivity index (χ3n) is 2.05. The Morgan fingerprint density at radius 3 is 2.11 bits per heavy atom. The Morgan fingerprint density at radius 2 is 1.74 bits per heavy atom. The number of hydroxylamine groups is 2. The molecule has 110 valence electrons. The van der Waals surface area contributed by atoms with Gasteiger partial charge >= 0.3 is 11.9 Å². The highest BCUT2D eigenvalue weighted by atomic mass is 16.7. The van der Waals surface area contributed by atoms with E-state index in [2.05, 4.69) is 0 Å². The second-order valence-electron chi connectivity index (χ2n) is 4.26. The second kappa shape index (κ2) is 9.48. The average Bonchev–Trinajstić information content (AvgIpc) is 2.27. The fourth-order valence-corrected chi connectivity index (χ4v) is 1.37. The van der Waals surface area contributed by atoms with Crippen molar-refractivity contribution in [2.45, 2.75) is 20.3 Å². The largest absolute Gasteiger partial charge is 0.481 e. The Labute approximate surface area is 112 Å². The predicted octanol–water partition coefficient (Wildman–Crippen LogP) is -0.212. The summed E-state index contributed by atoms with van der Waals surface area (Å²) in [6.07, 6.45) is 1.09. The lowest BCUT2D eigenvalue weighted by Gasteiger charge is -2.19. The molecule has 0 unspecified atom stereocenters. The van der Waals surface area contributed by atoms with Gasteiger partial charge in [-0.2, -0.15) is 0 Å². The highest BCUT2D eigenvalue weighted by Gasteiger charge is 2.18. The normalized spacial score (nSPS) is 12.0. The lowest BCUT2D eigenvalue weighted by atomic mass is 10.1. The first-order chi connectivity index (χ1) is 8.90. The monoisotopic (exact) mass is 275 g/mol. The molecular weight excluding hydrogens is 254 g/mol. The van der Waals surface area contributed by atoms with Crippen LogP contribution in [0.15, 0.2) is 11.6 Å². The van der Waals surface area contributed by atoms with E-state index in [0.29, 0.717) is 0 Å². The highest BCUT2D eigenvalue weighted by molar-refractivity contribution is 5.93. The van der Waals surface area contributed by atoms with Crippen LogP contribution in [0.5, 0.6) is 0 Å². The maximum absolute atomic E-state index is 11.8. The Bertz CT molecular complexity index is 320. The SMILES string of the molecule is CC(C)C=C(CC(=O)O)C(=O)ON(CCO)CCO. The van der Waals surface area contributed by atoms with E-state index in [1.54, 1.807) is 0 Å². The van der Waals surface area contributed by atoms with E-state index in [-0.39, 0.29) is 37.8 Å². The van der Waals surface area contributed by atoms with Crippen LogP contribution in [0.1, 0.15) is 20.3 Å². The van der Waals surface area contributed by atoms with Crippen LogP contribution in [-0.4, -0.2) is 58.6 Å². The third kappa shape index (κ3) is 8.30. The van der Waals surface area contributed by atoms with Gasteiger partial charge in [-0.05, 0) is 5.92 Å². The summed E-state index contributed by atoms with van der Waals surface area (Å²) in [5.74, 6) is -1.90. The zero-order valence-corrected chi connectivity index (χ0v) is 11.2. The van der Waals surface area contributed by atoms with E-state index in [0.717, 1.165) is 5.06 Å². The second-order valence-corrected chi connectivity index (χ2v) is 4.26. The van der Waals surface area contributed by atoms with Crippen molar-refractivity contribution in [2.24, 2.45) is 5.92 Å². The molecule has 0 spiro atoms. The summed E-state index contributed by atoms with van der Waals surface area (Å²) in [7, 11) is 0. The number of carbonyl (C=O) groups excluding carboxylic acids is 1. The lowest BCUT2D eigenvalue weighted by molar-refractivity contribution is -0.189. The Kier molecular flexibility index (Phi) is 8.77.